The molecular weight excluding hydrogens is 478 g/mol. The Bertz CT molecular complexity index is 1350. The first-order valence-electron chi connectivity index (χ1n) is 12.7. The summed E-state index contributed by atoms with van der Waals surface area (Å²) < 4.78 is 7.61. The average Bonchev–Trinajstić information content (AvgIpc) is 3.68. The second-order valence-electron chi connectivity index (χ2n) is 10.2. The van der Waals surface area contributed by atoms with Crippen molar-refractivity contribution in [2.45, 2.75) is 77.7 Å². The third-order valence-electron chi connectivity index (χ3n) is 7.27. The number of hydrogen-bond acceptors (Lipinski definition) is 7. The van der Waals surface area contributed by atoms with E-state index < -0.39 is 6.10 Å². The highest BCUT2D eigenvalue weighted by molar-refractivity contribution is 6.33. The van der Waals surface area contributed by atoms with E-state index in [9.17, 15) is 9.90 Å². The van der Waals surface area contributed by atoms with Crippen LogP contribution in [0, 0.1) is 13.8 Å². The molecule has 9 heteroatoms. The number of halogens is 1. The van der Waals surface area contributed by atoms with Gasteiger partial charge in [-0.15, -0.1) is 0 Å². The van der Waals surface area contributed by atoms with E-state index in [2.05, 4.69) is 34.0 Å². The molecule has 3 heterocycles. The molecule has 1 saturated heterocycles. The number of aliphatic hydroxyl groups excluding tert-OH is 1. The van der Waals surface area contributed by atoms with E-state index in [1.807, 2.05) is 26.0 Å². The van der Waals surface area contributed by atoms with E-state index in [1.54, 1.807) is 6.20 Å². The molecule has 3 aromatic rings. The number of aromatic nitrogens is 3. The molecule has 0 unspecified atom stereocenters. The molecule has 2 atom stereocenters. The van der Waals surface area contributed by atoms with Gasteiger partial charge >= 0.3 is 0 Å². The highest BCUT2D eigenvalue weighted by Gasteiger charge is 2.26. The highest BCUT2D eigenvalue weighted by Crippen LogP contribution is 2.34. The molecule has 1 saturated carbocycles. The Hall–Kier alpha value is -2.52. The van der Waals surface area contributed by atoms with Gasteiger partial charge < -0.3 is 25.0 Å². The standard InChI is InChI=1S/C27H34ClN5O3/c1-14(2)33-22(12-29-17-5-6-17)16(4)26(35)19-8-7-18(15(3)25(19)33)24-20(28)11-30-27(32-24)31-21-9-10-36-13-23(21)34/h7-8,11,14,17,21,23,29,34H,5-6,9-10,12-13H2,1-4H3,(H,30,31,32)/t21-,23-/m1/s1. The Morgan fingerprint density at radius 1 is 1.22 bits per heavy atom. The number of fused-ring (bicyclic) bond motifs is 1. The molecule has 2 aromatic heterocycles. The highest BCUT2D eigenvalue weighted by atomic mass is 35.5. The van der Waals surface area contributed by atoms with Crippen LogP contribution in [-0.2, 0) is 11.3 Å². The summed E-state index contributed by atoms with van der Waals surface area (Å²) in [6.07, 6.45) is 3.99. The largest absolute Gasteiger partial charge is 0.389 e. The minimum atomic E-state index is -0.629. The molecule has 2 aliphatic rings. The number of rotatable bonds is 7. The maximum atomic E-state index is 13.4. The summed E-state index contributed by atoms with van der Waals surface area (Å²) >= 11 is 6.61. The fourth-order valence-electron chi connectivity index (χ4n) is 5.10. The Balaban J connectivity index is 1.62. The van der Waals surface area contributed by atoms with E-state index in [0.29, 0.717) is 47.7 Å². The predicted molar refractivity (Wildman–Crippen MR) is 143 cm³/mol. The van der Waals surface area contributed by atoms with Gasteiger partial charge in [-0.25, -0.2) is 9.97 Å². The molecule has 0 amide bonds. The molecule has 1 aromatic carbocycles. The van der Waals surface area contributed by atoms with Crippen molar-refractivity contribution in [2.75, 3.05) is 18.5 Å². The number of nitrogens with one attached hydrogen (secondary N) is 2. The molecular formula is C27H34ClN5O3. The van der Waals surface area contributed by atoms with Crippen LogP contribution in [0.1, 0.15) is 56.0 Å². The molecule has 1 aliphatic carbocycles. The molecule has 0 bridgehead atoms. The number of aliphatic hydroxyl groups is 1. The van der Waals surface area contributed by atoms with E-state index in [1.165, 1.54) is 12.8 Å². The lowest BCUT2D eigenvalue weighted by Crippen LogP contribution is -2.42. The van der Waals surface area contributed by atoms with Crippen LogP contribution >= 0.6 is 11.6 Å². The summed E-state index contributed by atoms with van der Waals surface area (Å²) in [7, 11) is 0. The Morgan fingerprint density at radius 3 is 2.69 bits per heavy atom. The third kappa shape index (κ3) is 4.75. The third-order valence-corrected chi connectivity index (χ3v) is 7.55. The van der Waals surface area contributed by atoms with Crippen molar-refractivity contribution < 1.29 is 9.84 Å². The predicted octanol–water partition coefficient (Wildman–Crippen LogP) is 4.12. The number of nitrogens with zero attached hydrogens (tertiary/aromatic N) is 3. The topological polar surface area (TPSA) is 101 Å². The maximum absolute atomic E-state index is 13.4. The van der Waals surface area contributed by atoms with Gasteiger partial charge in [0.05, 0.1) is 41.2 Å². The number of aryl methyl sites for hydroxylation is 1. The fraction of sp³-hybridized carbons (Fsp3) is 0.519. The molecule has 8 nitrogen and oxygen atoms in total. The maximum Gasteiger partial charge on any atom is 0.223 e. The van der Waals surface area contributed by atoms with E-state index in [-0.39, 0.29) is 24.1 Å². The van der Waals surface area contributed by atoms with Crippen LogP contribution in [-0.4, -0.2) is 51.0 Å². The number of pyridine rings is 1. The summed E-state index contributed by atoms with van der Waals surface area (Å²) in [5.74, 6) is 0.402. The summed E-state index contributed by atoms with van der Waals surface area (Å²) in [6, 6.07) is 4.32. The zero-order valence-electron chi connectivity index (χ0n) is 21.3. The van der Waals surface area contributed by atoms with Gasteiger partial charge in [0.2, 0.25) is 5.95 Å². The second-order valence-corrected chi connectivity index (χ2v) is 10.6. The summed E-state index contributed by atoms with van der Waals surface area (Å²) in [6.45, 7) is 9.77. The monoisotopic (exact) mass is 511 g/mol. The molecule has 0 spiro atoms. The summed E-state index contributed by atoms with van der Waals surface area (Å²) in [4.78, 5) is 22.5. The first-order chi connectivity index (χ1) is 17.3. The van der Waals surface area contributed by atoms with E-state index in [4.69, 9.17) is 21.3 Å². The lowest BCUT2D eigenvalue weighted by atomic mass is 9.98. The smallest absolute Gasteiger partial charge is 0.223 e. The van der Waals surface area contributed by atoms with Gasteiger partial charge in [0.15, 0.2) is 5.43 Å². The average molecular weight is 512 g/mol. The lowest BCUT2D eigenvalue weighted by molar-refractivity contribution is -0.0136. The Labute approximate surface area is 216 Å². The molecule has 192 valence electrons. The van der Waals surface area contributed by atoms with Crippen LogP contribution < -0.4 is 16.1 Å². The minimum Gasteiger partial charge on any atom is -0.389 e. The number of hydrogen-bond donors (Lipinski definition) is 3. The van der Waals surface area contributed by atoms with Gasteiger partial charge in [-0.3, -0.25) is 4.79 Å². The number of benzene rings is 1. The van der Waals surface area contributed by atoms with E-state index >= 15 is 0 Å². The van der Waals surface area contributed by atoms with Crippen molar-refractivity contribution in [3.8, 4) is 11.3 Å². The van der Waals surface area contributed by atoms with Crippen LogP contribution in [0.15, 0.2) is 23.1 Å². The first-order valence-corrected chi connectivity index (χ1v) is 13.1. The molecule has 0 radical (unpaired) electrons. The van der Waals surface area contributed by atoms with Crippen molar-refractivity contribution in [3.05, 3.63) is 50.4 Å². The van der Waals surface area contributed by atoms with Crippen LogP contribution in [0.2, 0.25) is 5.02 Å². The second kappa shape index (κ2) is 10.1. The van der Waals surface area contributed by atoms with Gasteiger partial charge in [0, 0.05) is 47.4 Å². The number of anilines is 1. The zero-order valence-corrected chi connectivity index (χ0v) is 22.0. The normalized spacial score (nSPS) is 20.3. The van der Waals surface area contributed by atoms with Crippen LogP contribution in [0.3, 0.4) is 0 Å². The molecule has 5 rings (SSSR count). The van der Waals surface area contributed by atoms with Crippen LogP contribution in [0.5, 0.6) is 0 Å². The Morgan fingerprint density at radius 2 is 2.00 bits per heavy atom. The van der Waals surface area contributed by atoms with Gasteiger partial charge in [0.25, 0.3) is 0 Å². The Kier molecular flexibility index (Phi) is 7.05. The van der Waals surface area contributed by atoms with Crippen molar-refractivity contribution in [3.63, 3.8) is 0 Å². The lowest BCUT2D eigenvalue weighted by Gasteiger charge is -2.28. The van der Waals surface area contributed by atoms with E-state index in [0.717, 1.165) is 27.9 Å². The zero-order chi connectivity index (χ0) is 25.6. The molecule has 3 N–H and O–H groups in total. The van der Waals surface area contributed by atoms with Crippen molar-refractivity contribution in [1.29, 1.82) is 0 Å². The molecule has 36 heavy (non-hydrogen) atoms. The van der Waals surface area contributed by atoms with Gasteiger partial charge in [-0.1, -0.05) is 17.7 Å². The quantitative estimate of drug-likeness (QED) is 0.438. The molecule has 1 aliphatic heterocycles. The fourth-order valence-corrected chi connectivity index (χ4v) is 5.29. The summed E-state index contributed by atoms with van der Waals surface area (Å²) in [5, 5.41) is 18.2. The van der Waals surface area contributed by atoms with Gasteiger partial charge in [0.1, 0.15) is 0 Å². The van der Waals surface area contributed by atoms with Crippen LogP contribution in [0.4, 0.5) is 5.95 Å². The SMILES string of the molecule is Cc1c(CNC2CC2)n(C(C)C)c2c(C)c(-c3nc(N[C@@H]4CCOC[C@H]4O)ncc3Cl)ccc2c1=O. The number of ether oxygens (including phenoxy) is 1. The first kappa shape index (κ1) is 25.1. The molecule has 2 fully saturated rings. The van der Waals surface area contributed by atoms with Crippen molar-refractivity contribution >= 4 is 28.5 Å². The van der Waals surface area contributed by atoms with Crippen molar-refractivity contribution in [1.82, 2.24) is 19.9 Å². The van der Waals surface area contributed by atoms with Crippen LogP contribution in [0.25, 0.3) is 22.2 Å². The summed E-state index contributed by atoms with van der Waals surface area (Å²) in [5.41, 5.74) is 5.19. The van der Waals surface area contributed by atoms with Gasteiger partial charge in [-0.2, -0.15) is 0 Å². The van der Waals surface area contributed by atoms with Gasteiger partial charge in [-0.05, 0) is 58.6 Å². The van der Waals surface area contributed by atoms with Crippen molar-refractivity contribution in [2.24, 2.45) is 0 Å². The minimum absolute atomic E-state index is 0.0637.